The number of nitrogens with zero attached hydrogens (tertiary/aromatic N) is 4. The number of anilines is 2. The second-order valence-electron chi connectivity index (χ2n) is 4.66. The second-order valence-corrected chi connectivity index (χ2v) is 6.64. The van der Waals surface area contributed by atoms with Crippen LogP contribution < -0.4 is 10.2 Å². The molecule has 0 radical (unpaired) electrons. The van der Waals surface area contributed by atoms with E-state index in [1.807, 2.05) is 4.90 Å². The van der Waals surface area contributed by atoms with Gasteiger partial charge in [-0.05, 0) is 0 Å². The van der Waals surface area contributed by atoms with Gasteiger partial charge in [0.05, 0.1) is 6.26 Å². The van der Waals surface area contributed by atoms with Gasteiger partial charge in [0.15, 0.2) is 0 Å². The molecule has 0 aromatic carbocycles. The van der Waals surface area contributed by atoms with Crippen molar-refractivity contribution in [1.29, 1.82) is 0 Å². The smallest absolute Gasteiger partial charge is 0.322 e. The Bertz CT molecular complexity index is 613. The molecule has 2 N–H and O–H groups in total. The molecule has 0 saturated carbocycles. The molecule has 1 saturated heterocycles. The molecule has 10 heteroatoms. The van der Waals surface area contributed by atoms with E-state index in [-0.39, 0.29) is 6.54 Å². The summed E-state index contributed by atoms with van der Waals surface area (Å²) in [6, 6.07) is 1.65. The number of hydrogen-bond donors (Lipinski definition) is 2. The van der Waals surface area contributed by atoms with Crippen LogP contribution in [0.15, 0.2) is 12.4 Å². The van der Waals surface area contributed by atoms with Crippen molar-refractivity contribution in [3.05, 3.63) is 12.4 Å². The molecule has 1 aliphatic rings. The Morgan fingerprint density at radius 1 is 1.33 bits per heavy atom. The summed E-state index contributed by atoms with van der Waals surface area (Å²) in [4.78, 5) is 20.5. The zero-order valence-corrected chi connectivity index (χ0v) is 12.4. The Morgan fingerprint density at radius 3 is 2.57 bits per heavy atom. The third-order valence-corrected chi connectivity index (χ3v) is 4.41. The summed E-state index contributed by atoms with van der Waals surface area (Å²) in [6.45, 7) is 1.64. The highest BCUT2D eigenvalue weighted by atomic mass is 32.2. The molecule has 0 unspecified atom stereocenters. The van der Waals surface area contributed by atoms with Gasteiger partial charge in [0, 0.05) is 32.2 Å². The Morgan fingerprint density at radius 2 is 2.00 bits per heavy atom. The summed E-state index contributed by atoms with van der Waals surface area (Å²) in [5, 5.41) is 11.3. The van der Waals surface area contributed by atoms with E-state index < -0.39 is 16.0 Å². The Hall–Kier alpha value is -1.94. The fourth-order valence-corrected chi connectivity index (χ4v) is 2.86. The molecule has 0 amide bonds. The molecule has 9 nitrogen and oxygen atoms in total. The molecular weight excluding hydrogens is 298 g/mol. The number of carboxylic acids is 1. The lowest BCUT2D eigenvalue weighted by Crippen LogP contribution is -2.48. The van der Waals surface area contributed by atoms with E-state index in [9.17, 15) is 13.2 Å². The van der Waals surface area contributed by atoms with Crippen LogP contribution in [-0.2, 0) is 14.8 Å². The predicted molar refractivity (Wildman–Crippen MR) is 76.8 cm³/mol. The number of hydrogen-bond acceptors (Lipinski definition) is 7. The van der Waals surface area contributed by atoms with Crippen LogP contribution in [0.25, 0.3) is 0 Å². The average molecular weight is 315 g/mol. The van der Waals surface area contributed by atoms with Gasteiger partial charge in [-0.3, -0.25) is 4.79 Å². The van der Waals surface area contributed by atoms with Gasteiger partial charge in [-0.1, -0.05) is 0 Å². The highest BCUT2D eigenvalue weighted by Crippen LogP contribution is 2.16. The number of piperazine rings is 1. The number of aromatic nitrogens is 2. The number of sulfonamides is 1. The highest BCUT2D eigenvalue weighted by Gasteiger charge is 2.24. The van der Waals surface area contributed by atoms with Gasteiger partial charge in [-0.2, -0.15) is 4.31 Å². The molecule has 2 rings (SSSR count). The molecule has 116 valence electrons. The molecule has 1 fully saturated rings. The first-order valence-electron chi connectivity index (χ1n) is 6.34. The number of nitrogens with one attached hydrogen (secondary N) is 1. The van der Waals surface area contributed by atoms with Crippen molar-refractivity contribution in [3.63, 3.8) is 0 Å². The number of rotatable bonds is 5. The topological polar surface area (TPSA) is 116 Å². The standard InChI is InChI=1S/C11H17N5O4S/c1-21(19,20)16-4-2-15(3-5-16)10-6-9(13-8-14-10)12-7-11(17)18/h6,8H,2-5,7H2,1H3,(H,17,18)(H,12,13,14). The molecule has 21 heavy (non-hydrogen) atoms. The Balaban J connectivity index is 2.00. The van der Waals surface area contributed by atoms with E-state index in [0.717, 1.165) is 0 Å². The molecule has 1 aliphatic heterocycles. The monoisotopic (exact) mass is 315 g/mol. The van der Waals surface area contributed by atoms with Crippen LogP contribution in [0.3, 0.4) is 0 Å². The third-order valence-electron chi connectivity index (χ3n) is 3.11. The summed E-state index contributed by atoms with van der Waals surface area (Å²) in [7, 11) is -3.16. The maximum absolute atomic E-state index is 11.4. The minimum absolute atomic E-state index is 0.224. The van der Waals surface area contributed by atoms with Gasteiger partial charge >= 0.3 is 5.97 Å². The summed E-state index contributed by atoms with van der Waals surface area (Å²) in [6.07, 6.45) is 2.55. The fourth-order valence-electron chi connectivity index (χ4n) is 2.03. The van der Waals surface area contributed by atoms with Crippen LogP contribution in [0.5, 0.6) is 0 Å². The van der Waals surface area contributed by atoms with Crippen LogP contribution >= 0.6 is 0 Å². The SMILES string of the molecule is CS(=O)(=O)N1CCN(c2cc(NCC(=O)O)ncn2)CC1. The number of aliphatic carboxylic acids is 1. The molecular formula is C11H17N5O4S. The molecule has 0 aliphatic carbocycles. The minimum atomic E-state index is -3.16. The van der Waals surface area contributed by atoms with Crippen LogP contribution in [0.2, 0.25) is 0 Å². The lowest BCUT2D eigenvalue weighted by Gasteiger charge is -2.33. The maximum Gasteiger partial charge on any atom is 0.322 e. The summed E-state index contributed by atoms with van der Waals surface area (Å²) >= 11 is 0. The molecule has 1 aromatic rings. The van der Waals surface area contributed by atoms with Gasteiger partial charge in [-0.25, -0.2) is 18.4 Å². The molecule has 0 atom stereocenters. The van der Waals surface area contributed by atoms with Crippen LogP contribution in [0, 0.1) is 0 Å². The number of carbonyl (C=O) groups is 1. The van der Waals surface area contributed by atoms with Gasteiger partial charge in [0.2, 0.25) is 10.0 Å². The lowest BCUT2D eigenvalue weighted by molar-refractivity contribution is -0.134. The quantitative estimate of drug-likeness (QED) is 0.715. The van der Waals surface area contributed by atoms with Crippen molar-refractivity contribution >= 4 is 27.6 Å². The highest BCUT2D eigenvalue weighted by molar-refractivity contribution is 7.88. The van der Waals surface area contributed by atoms with Crippen molar-refractivity contribution in [3.8, 4) is 0 Å². The second kappa shape index (κ2) is 6.22. The van der Waals surface area contributed by atoms with E-state index in [0.29, 0.717) is 37.8 Å². The van der Waals surface area contributed by atoms with Crippen LogP contribution in [-0.4, -0.2) is 72.7 Å². The Kier molecular flexibility index (Phi) is 4.58. The van der Waals surface area contributed by atoms with E-state index in [2.05, 4.69) is 15.3 Å². The van der Waals surface area contributed by atoms with E-state index in [1.54, 1.807) is 6.07 Å². The van der Waals surface area contributed by atoms with Crippen molar-refractivity contribution < 1.29 is 18.3 Å². The van der Waals surface area contributed by atoms with Crippen molar-refractivity contribution in [2.45, 2.75) is 0 Å². The predicted octanol–water partition coefficient (Wildman–Crippen LogP) is -0.945. The van der Waals surface area contributed by atoms with E-state index in [1.165, 1.54) is 16.9 Å². The summed E-state index contributed by atoms with van der Waals surface area (Å²) < 4.78 is 24.3. The van der Waals surface area contributed by atoms with E-state index in [4.69, 9.17) is 5.11 Å². The van der Waals surface area contributed by atoms with E-state index >= 15 is 0 Å². The molecule has 1 aromatic heterocycles. The fraction of sp³-hybridized carbons (Fsp3) is 0.545. The summed E-state index contributed by atoms with van der Waals surface area (Å²) in [5.74, 6) is 0.0934. The first kappa shape index (κ1) is 15.4. The zero-order valence-electron chi connectivity index (χ0n) is 11.6. The first-order chi connectivity index (χ1) is 9.86. The number of carboxylic acid groups (broad SMARTS) is 1. The molecule has 0 bridgehead atoms. The molecule has 2 heterocycles. The largest absolute Gasteiger partial charge is 0.480 e. The zero-order chi connectivity index (χ0) is 15.5. The molecule has 0 spiro atoms. The summed E-state index contributed by atoms with van der Waals surface area (Å²) in [5.41, 5.74) is 0. The van der Waals surface area contributed by atoms with Gasteiger partial charge in [0.1, 0.15) is 24.5 Å². The van der Waals surface area contributed by atoms with Gasteiger partial charge in [0.25, 0.3) is 0 Å². The maximum atomic E-state index is 11.4. The Labute approximate surface area is 122 Å². The minimum Gasteiger partial charge on any atom is -0.480 e. The average Bonchev–Trinajstić information content (AvgIpc) is 2.45. The van der Waals surface area contributed by atoms with Gasteiger partial charge in [-0.15, -0.1) is 0 Å². The normalized spacial score (nSPS) is 16.7. The lowest BCUT2D eigenvalue weighted by atomic mass is 10.3. The first-order valence-corrected chi connectivity index (χ1v) is 8.19. The third kappa shape index (κ3) is 4.26. The van der Waals surface area contributed by atoms with Crippen molar-refractivity contribution in [2.24, 2.45) is 0 Å². The van der Waals surface area contributed by atoms with Crippen LogP contribution in [0.1, 0.15) is 0 Å². The van der Waals surface area contributed by atoms with Crippen LogP contribution in [0.4, 0.5) is 11.6 Å². The van der Waals surface area contributed by atoms with Crippen molar-refractivity contribution in [2.75, 3.05) is 49.2 Å². The van der Waals surface area contributed by atoms with Crippen molar-refractivity contribution in [1.82, 2.24) is 14.3 Å². The van der Waals surface area contributed by atoms with Gasteiger partial charge < -0.3 is 15.3 Å².